The molecule has 0 aromatic heterocycles. The predicted molar refractivity (Wildman–Crippen MR) is 80.1 cm³/mol. The summed E-state index contributed by atoms with van der Waals surface area (Å²) >= 11 is 0. The molecule has 0 amide bonds. The lowest BCUT2D eigenvalue weighted by Gasteiger charge is -2.36. The summed E-state index contributed by atoms with van der Waals surface area (Å²) in [5.74, 6) is 0. The van der Waals surface area contributed by atoms with Gasteiger partial charge in [-0.1, -0.05) is 6.07 Å². The molecule has 5 heteroatoms. The van der Waals surface area contributed by atoms with Crippen molar-refractivity contribution < 1.29 is 9.84 Å². The second kappa shape index (κ2) is 6.44. The number of hydrogen-bond acceptors (Lipinski definition) is 5. The number of anilines is 1. The second-order valence-corrected chi connectivity index (χ2v) is 5.72. The highest BCUT2D eigenvalue weighted by Crippen LogP contribution is 2.26. The summed E-state index contributed by atoms with van der Waals surface area (Å²) in [5, 5.41) is 22.4. The Hall–Kier alpha value is -1.61. The Morgan fingerprint density at radius 2 is 2.29 bits per heavy atom. The number of morpholine rings is 1. The van der Waals surface area contributed by atoms with Crippen molar-refractivity contribution in [2.45, 2.75) is 31.5 Å². The summed E-state index contributed by atoms with van der Waals surface area (Å²) in [7, 11) is 0. The van der Waals surface area contributed by atoms with Crippen LogP contribution in [0.15, 0.2) is 18.2 Å². The second-order valence-electron chi connectivity index (χ2n) is 5.72. The van der Waals surface area contributed by atoms with Crippen LogP contribution >= 0.6 is 0 Å². The Morgan fingerprint density at radius 1 is 1.43 bits per heavy atom. The van der Waals surface area contributed by atoms with E-state index in [1.807, 2.05) is 12.1 Å². The first kappa shape index (κ1) is 14.3. The Bertz CT molecular complexity index is 537. The summed E-state index contributed by atoms with van der Waals surface area (Å²) in [4.78, 5) is 2.08. The molecule has 2 N–H and O–H groups in total. The van der Waals surface area contributed by atoms with Crippen LogP contribution in [0.1, 0.15) is 24.0 Å². The maximum absolute atomic E-state index is 9.48. The molecule has 112 valence electrons. The number of hydrogen-bond donors (Lipinski definition) is 2. The third-order valence-corrected chi connectivity index (χ3v) is 4.10. The van der Waals surface area contributed by atoms with Crippen LogP contribution in [-0.4, -0.2) is 43.6 Å². The fourth-order valence-electron chi connectivity index (χ4n) is 2.71. The molecule has 1 unspecified atom stereocenters. The van der Waals surface area contributed by atoms with Gasteiger partial charge in [0.15, 0.2) is 0 Å². The molecular weight excluding hydrogens is 266 g/mol. The van der Waals surface area contributed by atoms with Gasteiger partial charge < -0.3 is 20.1 Å². The molecular formula is C16H21N3O2. The number of nitrogens with one attached hydrogen (secondary N) is 1. The molecule has 1 atom stereocenters. The molecule has 1 heterocycles. The van der Waals surface area contributed by atoms with E-state index in [0.29, 0.717) is 31.4 Å². The van der Waals surface area contributed by atoms with Gasteiger partial charge in [-0.25, -0.2) is 0 Å². The quantitative estimate of drug-likeness (QED) is 0.846. The lowest BCUT2D eigenvalue weighted by Crippen LogP contribution is -2.48. The van der Waals surface area contributed by atoms with E-state index in [0.717, 1.165) is 17.8 Å². The maximum Gasteiger partial charge on any atom is 0.101 e. The largest absolute Gasteiger partial charge is 0.394 e. The molecule has 0 radical (unpaired) electrons. The van der Waals surface area contributed by atoms with Crippen molar-refractivity contribution in [3.63, 3.8) is 0 Å². The molecule has 21 heavy (non-hydrogen) atoms. The van der Waals surface area contributed by atoms with Gasteiger partial charge in [-0.2, -0.15) is 5.26 Å². The van der Waals surface area contributed by atoms with Crippen LogP contribution < -0.4 is 10.2 Å². The van der Waals surface area contributed by atoms with E-state index in [-0.39, 0.29) is 12.6 Å². The zero-order chi connectivity index (χ0) is 14.7. The molecule has 1 aliphatic carbocycles. The Morgan fingerprint density at radius 3 is 3.00 bits per heavy atom. The van der Waals surface area contributed by atoms with Crippen molar-refractivity contribution in [3.05, 3.63) is 29.3 Å². The van der Waals surface area contributed by atoms with Crippen LogP contribution in [0.4, 0.5) is 5.69 Å². The van der Waals surface area contributed by atoms with Crippen molar-refractivity contribution in [1.82, 2.24) is 5.32 Å². The van der Waals surface area contributed by atoms with Gasteiger partial charge in [-0.3, -0.25) is 0 Å². The van der Waals surface area contributed by atoms with Crippen molar-refractivity contribution in [1.29, 1.82) is 5.26 Å². The third kappa shape index (κ3) is 3.35. The van der Waals surface area contributed by atoms with Gasteiger partial charge in [0.25, 0.3) is 0 Å². The van der Waals surface area contributed by atoms with Crippen molar-refractivity contribution in [2.24, 2.45) is 0 Å². The van der Waals surface area contributed by atoms with Crippen molar-refractivity contribution in [2.75, 3.05) is 31.3 Å². The number of benzene rings is 1. The fraction of sp³-hybridized carbons (Fsp3) is 0.562. The van der Waals surface area contributed by atoms with Crippen LogP contribution in [0.3, 0.4) is 0 Å². The lowest BCUT2D eigenvalue weighted by atomic mass is 10.1. The summed E-state index contributed by atoms with van der Waals surface area (Å²) < 4.78 is 5.40. The monoisotopic (exact) mass is 287 g/mol. The van der Waals surface area contributed by atoms with Crippen LogP contribution in [0, 0.1) is 11.3 Å². The van der Waals surface area contributed by atoms with Crippen molar-refractivity contribution >= 4 is 5.69 Å². The molecule has 5 nitrogen and oxygen atoms in total. The van der Waals surface area contributed by atoms with E-state index in [2.05, 4.69) is 22.4 Å². The van der Waals surface area contributed by atoms with Gasteiger partial charge in [0.05, 0.1) is 37.1 Å². The summed E-state index contributed by atoms with van der Waals surface area (Å²) in [5.41, 5.74) is 2.71. The first-order valence-electron chi connectivity index (χ1n) is 7.53. The average molecular weight is 287 g/mol. The molecule has 0 spiro atoms. The Labute approximate surface area is 125 Å². The molecule has 1 aromatic carbocycles. The normalized spacial score (nSPS) is 22.1. The molecule has 1 saturated heterocycles. The molecule has 2 aliphatic rings. The molecule has 1 saturated carbocycles. The Balaban J connectivity index is 1.78. The van der Waals surface area contributed by atoms with Gasteiger partial charge in [0.1, 0.15) is 6.07 Å². The summed E-state index contributed by atoms with van der Waals surface area (Å²) in [6, 6.07) is 8.90. The van der Waals surface area contributed by atoms with E-state index < -0.39 is 0 Å². The highest BCUT2D eigenvalue weighted by molar-refractivity contribution is 5.61. The molecule has 1 aromatic rings. The van der Waals surface area contributed by atoms with Gasteiger partial charge >= 0.3 is 0 Å². The minimum atomic E-state index is -0.0683. The standard InChI is InChI=1S/C16H21N3O2/c17-8-13-7-12(9-18-14-2-3-14)1-4-16(13)19-5-6-21-11-15(19)10-20/h1,4,7,14-15,18,20H,2-3,5-6,9-11H2. The number of rotatable bonds is 5. The molecule has 0 bridgehead atoms. The first-order valence-corrected chi connectivity index (χ1v) is 7.53. The fourth-order valence-corrected chi connectivity index (χ4v) is 2.71. The molecule has 2 fully saturated rings. The zero-order valence-corrected chi connectivity index (χ0v) is 12.1. The smallest absolute Gasteiger partial charge is 0.101 e. The zero-order valence-electron chi connectivity index (χ0n) is 12.1. The number of aliphatic hydroxyl groups excluding tert-OH is 1. The number of nitrogens with zero attached hydrogens (tertiary/aromatic N) is 2. The summed E-state index contributed by atoms with van der Waals surface area (Å²) in [6.45, 7) is 2.69. The van der Waals surface area contributed by atoms with E-state index in [9.17, 15) is 10.4 Å². The summed E-state index contributed by atoms with van der Waals surface area (Å²) in [6.07, 6.45) is 2.52. The average Bonchev–Trinajstić information content (AvgIpc) is 3.37. The lowest BCUT2D eigenvalue weighted by molar-refractivity contribution is 0.0727. The Kier molecular flexibility index (Phi) is 4.39. The first-order chi connectivity index (χ1) is 10.3. The van der Waals surface area contributed by atoms with E-state index >= 15 is 0 Å². The molecule has 3 rings (SSSR count). The highest BCUT2D eigenvalue weighted by Gasteiger charge is 2.25. The van der Waals surface area contributed by atoms with Crippen LogP contribution in [0.25, 0.3) is 0 Å². The maximum atomic E-state index is 9.48. The third-order valence-electron chi connectivity index (χ3n) is 4.10. The van der Waals surface area contributed by atoms with Crippen LogP contribution in [0.5, 0.6) is 0 Å². The topological polar surface area (TPSA) is 68.5 Å². The van der Waals surface area contributed by atoms with E-state index in [1.165, 1.54) is 12.8 Å². The number of nitriles is 1. The van der Waals surface area contributed by atoms with Gasteiger partial charge in [-0.05, 0) is 30.5 Å². The molecule has 1 aliphatic heterocycles. The highest BCUT2D eigenvalue weighted by atomic mass is 16.5. The predicted octanol–water partition coefficient (Wildman–Crippen LogP) is 1.01. The van der Waals surface area contributed by atoms with Crippen molar-refractivity contribution in [3.8, 4) is 6.07 Å². The number of aliphatic hydroxyl groups is 1. The van der Waals surface area contributed by atoms with Crippen LogP contribution in [0.2, 0.25) is 0 Å². The van der Waals surface area contributed by atoms with Gasteiger partial charge in [-0.15, -0.1) is 0 Å². The van der Waals surface area contributed by atoms with Gasteiger partial charge in [0, 0.05) is 19.1 Å². The van der Waals surface area contributed by atoms with E-state index in [1.54, 1.807) is 0 Å². The minimum Gasteiger partial charge on any atom is -0.394 e. The number of ether oxygens (including phenoxy) is 1. The SMILES string of the molecule is N#Cc1cc(CNC2CC2)ccc1N1CCOCC1CO. The van der Waals surface area contributed by atoms with E-state index in [4.69, 9.17) is 4.74 Å². The van der Waals surface area contributed by atoms with Gasteiger partial charge in [0.2, 0.25) is 0 Å². The van der Waals surface area contributed by atoms with Crippen LogP contribution in [-0.2, 0) is 11.3 Å². The minimum absolute atomic E-state index is 0.0376.